The number of nitrogens with one attached hydrogen (secondary N) is 1. The standard InChI is InChI=1S/C5H6N4O/c10-2-1-7-5-8-3-6-4-9-5/h2-4H,1H2,(H,6,7,8,9). The first-order valence-corrected chi connectivity index (χ1v) is 2.73. The summed E-state index contributed by atoms with van der Waals surface area (Å²) in [5.74, 6) is 0.419. The second-order valence-electron chi connectivity index (χ2n) is 1.51. The van der Waals surface area contributed by atoms with E-state index in [2.05, 4.69) is 20.3 Å². The monoisotopic (exact) mass is 138 g/mol. The lowest BCUT2D eigenvalue weighted by Crippen LogP contribution is -2.05. The molecule has 0 saturated heterocycles. The highest BCUT2D eigenvalue weighted by Gasteiger charge is 1.88. The minimum absolute atomic E-state index is 0.226. The van der Waals surface area contributed by atoms with Gasteiger partial charge in [0.1, 0.15) is 18.9 Å². The molecule has 0 aliphatic rings. The van der Waals surface area contributed by atoms with Crippen molar-refractivity contribution in [1.82, 2.24) is 15.0 Å². The van der Waals surface area contributed by atoms with Gasteiger partial charge in [-0.15, -0.1) is 0 Å². The van der Waals surface area contributed by atoms with Crippen LogP contribution < -0.4 is 5.32 Å². The van der Waals surface area contributed by atoms with Gasteiger partial charge in [-0.1, -0.05) is 0 Å². The van der Waals surface area contributed by atoms with E-state index >= 15 is 0 Å². The van der Waals surface area contributed by atoms with Gasteiger partial charge in [-0.05, 0) is 0 Å². The highest BCUT2D eigenvalue weighted by molar-refractivity contribution is 5.56. The molecule has 0 bridgehead atoms. The smallest absolute Gasteiger partial charge is 0.225 e. The Balaban J connectivity index is 2.50. The first kappa shape index (κ1) is 6.60. The number of hydrogen-bond acceptors (Lipinski definition) is 5. The molecule has 5 nitrogen and oxygen atoms in total. The van der Waals surface area contributed by atoms with Crippen molar-refractivity contribution >= 4 is 12.2 Å². The molecule has 0 fully saturated rings. The molecule has 0 atom stereocenters. The second kappa shape index (κ2) is 3.49. The molecule has 1 heterocycles. The van der Waals surface area contributed by atoms with E-state index in [4.69, 9.17) is 0 Å². The van der Waals surface area contributed by atoms with Crippen LogP contribution in [0.2, 0.25) is 0 Å². The zero-order valence-corrected chi connectivity index (χ0v) is 5.19. The van der Waals surface area contributed by atoms with Gasteiger partial charge in [-0.3, -0.25) is 0 Å². The first-order valence-electron chi connectivity index (χ1n) is 2.73. The zero-order valence-electron chi connectivity index (χ0n) is 5.19. The van der Waals surface area contributed by atoms with Crippen LogP contribution >= 0.6 is 0 Å². The van der Waals surface area contributed by atoms with Crippen LogP contribution in [-0.4, -0.2) is 27.8 Å². The van der Waals surface area contributed by atoms with Crippen molar-refractivity contribution in [2.24, 2.45) is 0 Å². The molecule has 10 heavy (non-hydrogen) atoms. The van der Waals surface area contributed by atoms with Crippen molar-refractivity contribution < 1.29 is 4.79 Å². The molecule has 1 rings (SSSR count). The van der Waals surface area contributed by atoms with Gasteiger partial charge in [0.25, 0.3) is 0 Å². The van der Waals surface area contributed by atoms with Gasteiger partial charge >= 0.3 is 0 Å². The quantitative estimate of drug-likeness (QED) is 0.569. The molecular formula is C5H6N4O. The Kier molecular flexibility index (Phi) is 2.31. The maximum Gasteiger partial charge on any atom is 0.225 e. The predicted octanol–water partition coefficient (Wildman–Crippen LogP) is -0.518. The Bertz CT molecular complexity index is 200. The Morgan fingerprint density at radius 1 is 1.50 bits per heavy atom. The summed E-state index contributed by atoms with van der Waals surface area (Å²) in [5.41, 5.74) is 0. The van der Waals surface area contributed by atoms with Crippen molar-refractivity contribution in [3.05, 3.63) is 12.7 Å². The third kappa shape index (κ3) is 1.77. The fourth-order valence-corrected chi connectivity index (χ4v) is 0.463. The van der Waals surface area contributed by atoms with E-state index in [1.165, 1.54) is 12.7 Å². The number of carbonyl (C=O) groups is 1. The van der Waals surface area contributed by atoms with E-state index in [9.17, 15) is 4.79 Å². The molecule has 52 valence electrons. The molecule has 1 aromatic rings. The number of hydrogen-bond donors (Lipinski definition) is 1. The number of anilines is 1. The third-order valence-corrected chi connectivity index (χ3v) is 0.837. The average Bonchev–Trinajstić information content (AvgIpc) is 2.03. The Morgan fingerprint density at radius 2 is 2.20 bits per heavy atom. The van der Waals surface area contributed by atoms with Crippen LogP contribution in [0.4, 0.5) is 5.95 Å². The van der Waals surface area contributed by atoms with Crippen LogP contribution in [0, 0.1) is 0 Å². The normalized spacial score (nSPS) is 8.80. The Morgan fingerprint density at radius 3 is 2.80 bits per heavy atom. The van der Waals surface area contributed by atoms with Crippen LogP contribution in [0.3, 0.4) is 0 Å². The lowest BCUT2D eigenvalue weighted by Gasteiger charge is -1.95. The lowest BCUT2D eigenvalue weighted by molar-refractivity contribution is -0.106. The van der Waals surface area contributed by atoms with E-state index < -0.39 is 0 Å². The molecule has 0 saturated carbocycles. The van der Waals surface area contributed by atoms with Gasteiger partial charge in [0, 0.05) is 0 Å². The van der Waals surface area contributed by atoms with Crippen LogP contribution in [0.25, 0.3) is 0 Å². The Labute approximate surface area is 57.5 Å². The SMILES string of the molecule is O=CCNc1ncncn1. The summed E-state index contributed by atoms with van der Waals surface area (Å²) in [6.07, 6.45) is 3.46. The van der Waals surface area contributed by atoms with E-state index in [-0.39, 0.29) is 6.54 Å². The lowest BCUT2D eigenvalue weighted by atomic mass is 10.7. The fourth-order valence-electron chi connectivity index (χ4n) is 0.463. The third-order valence-electron chi connectivity index (χ3n) is 0.837. The number of aldehydes is 1. The summed E-state index contributed by atoms with van der Waals surface area (Å²) in [6.45, 7) is 0.226. The minimum atomic E-state index is 0.226. The van der Waals surface area contributed by atoms with Gasteiger partial charge in [-0.25, -0.2) is 15.0 Å². The van der Waals surface area contributed by atoms with Crippen molar-refractivity contribution in [3.8, 4) is 0 Å². The summed E-state index contributed by atoms with van der Waals surface area (Å²) in [6, 6.07) is 0. The number of aromatic nitrogens is 3. The van der Waals surface area contributed by atoms with Crippen molar-refractivity contribution in [3.63, 3.8) is 0 Å². The van der Waals surface area contributed by atoms with E-state index in [1.807, 2.05) is 0 Å². The minimum Gasteiger partial charge on any atom is -0.347 e. The number of rotatable bonds is 3. The average molecular weight is 138 g/mol. The van der Waals surface area contributed by atoms with Gasteiger partial charge in [0.2, 0.25) is 5.95 Å². The second-order valence-corrected chi connectivity index (χ2v) is 1.51. The highest BCUT2D eigenvalue weighted by Crippen LogP contribution is 1.88. The van der Waals surface area contributed by atoms with Gasteiger partial charge < -0.3 is 10.1 Å². The van der Waals surface area contributed by atoms with E-state index in [0.717, 1.165) is 6.29 Å². The summed E-state index contributed by atoms with van der Waals surface area (Å²) in [5, 5.41) is 2.66. The molecule has 1 aromatic heterocycles. The van der Waals surface area contributed by atoms with Gasteiger partial charge in [0.05, 0.1) is 6.54 Å². The van der Waals surface area contributed by atoms with Crippen LogP contribution in [0.5, 0.6) is 0 Å². The predicted molar refractivity (Wildman–Crippen MR) is 34.4 cm³/mol. The van der Waals surface area contributed by atoms with E-state index in [1.54, 1.807) is 0 Å². The first-order chi connectivity index (χ1) is 4.93. The highest BCUT2D eigenvalue weighted by atomic mass is 16.1. The van der Waals surface area contributed by atoms with Crippen LogP contribution in [0.15, 0.2) is 12.7 Å². The maximum absolute atomic E-state index is 9.84. The van der Waals surface area contributed by atoms with Crippen LogP contribution in [-0.2, 0) is 4.79 Å². The van der Waals surface area contributed by atoms with Crippen LogP contribution in [0.1, 0.15) is 0 Å². The number of nitrogens with zero attached hydrogens (tertiary/aromatic N) is 3. The summed E-state index contributed by atoms with van der Waals surface area (Å²) in [4.78, 5) is 20.9. The van der Waals surface area contributed by atoms with Crippen molar-refractivity contribution in [1.29, 1.82) is 0 Å². The molecule has 0 aromatic carbocycles. The zero-order chi connectivity index (χ0) is 7.23. The topological polar surface area (TPSA) is 67.8 Å². The molecule has 1 N–H and O–H groups in total. The number of carbonyl (C=O) groups excluding carboxylic acids is 1. The molecule has 0 radical (unpaired) electrons. The van der Waals surface area contributed by atoms with Crippen molar-refractivity contribution in [2.45, 2.75) is 0 Å². The summed E-state index contributed by atoms with van der Waals surface area (Å²) >= 11 is 0. The van der Waals surface area contributed by atoms with Gasteiger partial charge in [0.15, 0.2) is 0 Å². The Hall–Kier alpha value is -1.52. The van der Waals surface area contributed by atoms with Gasteiger partial charge in [-0.2, -0.15) is 0 Å². The largest absolute Gasteiger partial charge is 0.347 e. The molecule has 0 unspecified atom stereocenters. The van der Waals surface area contributed by atoms with Crippen molar-refractivity contribution in [2.75, 3.05) is 11.9 Å². The van der Waals surface area contributed by atoms with E-state index in [0.29, 0.717) is 5.95 Å². The summed E-state index contributed by atoms with van der Waals surface area (Å²) < 4.78 is 0. The molecule has 0 aliphatic carbocycles. The molecule has 0 spiro atoms. The molecule has 5 heteroatoms. The fraction of sp³-hybridized carbons (Fsp3) is 0.200. The summed E-state index contributed by atoms with van der Waals surface area (Å²) in [7, 11) is 0. The molecule has 0 amide bonds. The maximum atomic E-state index is 9.84. The molecular weight excluding hydrogens is 132 g/mol. The molecule has 0 aliphatic heterocycles.